The average Bonchev–Trinajstić information content (AvgIpc) is 1.59. The van der Waals surface area contributed by atoms with Crippen molar-refractivity contribution in [2.75, 3.05) is 20.4 Å². The monoisotopic (exact) mass is 1300 g/mol. The third-order valence-electron chi connectivity index (χ3n) is 24.4. The summed E-state index contributed by atoms with van der Waals surface area (Å²) in [7, 11) is 0. The Bertz CT molecular complexity index is 2040. The summed E-state index contributed by atoms with van der Waals surface area (Å²) in [6.07, 6.45) is 29.9. The second kappa shape index (κ2) is 38.6. The summed E-state index contributed by atoms with van der Waals surface area (Å²) >= 11 is 0. The van der Waals surface area contributed by atoms with E-state index < -0.39 is 27.9 Å². The highest BCUT2D eigenvalue weighted by atomic mass is 16.7. The molecule has 14 rings (SSSR count). The molecular formula is C79H156O12. The van der Waals surface area contributed by atoms with E-state index in [0.717, 1.165) is 109 Å². The zero-order chi connectivity index (χ0) is 57.5. The minimum Gasteiger partial charge on any atom is -0.438 e. The van der Waals surface area contributed by atoms with Crippen molar-refractivity contribution in [2.45, 2.75) is 350 Å². The molecule has 0 aromatic heterocycles. The highest BCUT2D eigenvalue weighted by molar-refractivity contribution is 5.77. The van der Waals surface area contributed by atoms with Crippen LogP contribution in [-0.2, 0) is 57.1 Å². The first kappa shape index (κ1) is 92.9. The SMILES string of the molecule is C.C.C.C.C.C.C.C.C.C.C.CCC(C)(C)C(=O)OC(C)OC1C2CC3CC(C2)CC1C3.CCC(C)(C)C(=O)OCOC1C2CC3CC(C2)CC1C3.CCC(C)(C)C(=O)OCOC1CC2CC1C1C3CCC(C3)C21.CCC(C)(C)C(=O)OCOC1CC2CCC1C2. The molecule has 12 heteroatoms. The minimum atomic E-state index is -0.415. The Balaban J connectivity index is -0.00000109. The molecule has 0 N–H and O–H groups in total. The number of hydrogen-bond donors (Lipinski definition) is 0. The van der Waals surface area contributed by atoms with Gasteiger partial charge in [0.1, 0.15) is 0 Å². The molecule has 0 aromatic rings. The molecule has 11 unspecified atom stereocenters. The Kier molecular flexibility index (Phi) is 39.4. The number of carbonyl (C=O) groups excluding carboxylic acids is 4. The molecule has 11 atom stereocenters. The van der Waals surface area contributed by atoms with Crippen LogP contribution < -0.4 is 0 Å². The van der Waals surface area contributed by atoms with Crippen molar-refractivity contribution in [1.29, 1.82) is 0 Å². The van der Waals surface area contributed by atoms with E-state index in [-0.39, 0.29) is 126 Å². The summed E-state index contributed by atoms with van der Waals surface area (Å²) in [6, 6.07) is 0. The molecule has 0 heterocycles. The molecule has 14 saturated carbocycles. The van der Waals surface area contributed by atoms with Gasteiger partial charge in [-0.1, -0.05) is 109 Å². The summed E-state index contributed by atoms with van der Waals surface area (Å²) in [6.45, 7) is 25.8. The van der Waals surface area contributed by atoms with Gasteiger partial charge in [0.25, 0.3) is 0 Å². The molecule has 91 heavy (non-hydrogen) atoms. The van der Waals surface area contributed by atoms with Gasteiger partial charge in [0.2, 0.25) is 0 Å². The predicted molar refractivity (Wildman–Crippen MR) is 382 cm³/mol. The predicted octanol–water partition coefficient (Wildman–Crippen LogP) is 22.1. The van der Waals surface area contributed by atoms with E-state index in [1.54, 1.807) is 0 Å². The zero-order valence-corrected chi connectivity index (χ0v) is 52.4. The van der Waals surface area contributed by atoms with Crippen LogP contribution in [0.25, 0.3) is 0 Å². The molecule has 14 aliphatic carbocycles. The molecule has 0 amide bonds. The molecule has 0 aliphatic heterocycles. The average molecular weight is 1300 g/mol. The number of hydrogen-bond acceptors (Lipinski definition) is 12. The Morgan fingerprint density at radius 1 is 0.341 bits per heavy atom. The molecule has 14 aliphatic rings. The van der Waals surface area contributed by atoms with Crippen molar-refractivity contribution >= 4 is 23.9 Å². The summed E-state index contributed by atoms with van der Waals surface area (Å²) < 4.78 is 45.4. The van der Waals surface area contributed by atoms with Crippen LogP contribution >= 0.6 is 0 Å². The molecule has 14 fully saturated rings. The van der Waals surface area contributed by atoms with Crippen LogP contribution in [0.4, 0.5) is 0 Å². The van der Waals surface area contributed by atoms with Crippen molar-refractivity contribution in [1.82, 2.24) is 0 Å². The van der Waals surface area contributed by atoms with E-state index in [2.05, 4.69) is 0 Å². The van der Waals surface area contributed by atoms with Crippen molar-refractivity contribution in [3.8, 4) is 0 Å². The largest absolute Gasteiger partial charge is 0.438 e. The number of ether oxygens (including phenoxy) is 8. The maximum absolute atomic E-state index is 12.2. The highest BCUT2D eigenvalue weighted by Gasteiger charge is 2.63. The van der Waals surface area contributed by atoms with Gasteiger partial charge in [0.05, 0.1) is 46.1 Å². The van der Waals surface area contributed by atoms with Gasteiger partial charge in [-0.15, -0.1) is 0 Å². The van der Waals surface area contributed by atoms with E-state index >= 15 is 0 Å². The van der Waals surface area contributed by atoms with Crippen molar-refractivity contribution in [2.24, 2.45) is 116 Å². The van der Waals surface area contributed by atoms with Gasteiger partial charge in [-0.05, 0) is 305 Å². The normalized spacial score (nSPS) is 34.6. The smallest absolute Gasteiger partial charge is 0.313 e. The third-order valence-corrected chi connectivity index (χ3v) is 24.4. The van der Waals surface area contributed by atoms with Gasteiger partial charge >= 0.3 is 23.9 Å². The van der Waals surface area contributed by atoms with Crippen LogP contribution in [0.15, 0.2) is 0 Å². The summed E-state index contributed by atoms with van der Waals surface area (Å²) in [5.41, 5.74) is -1.60. The molecule has 14 bridgehead atoms. The van der Waals surface area contributed by atoms with Crippen LogP contribution in [0, 0.1) is 116 Å². The van der Waals surface area contributed by atoms with Crippen molar-refractivity contribution in [3.05, 3.63) is 0 Å². The Morgan fingerprint density at radius 2 is 0.692 bits per heavy atom. The lowest BCUT2D eigenvalue weighted by Gasteiger charge is -2.54. The van der Waals surface area contributed by atoms with Gasteiger partial charge in [-0.25, -0.2) is 0 Å². The Hall–Kier alpha value is -2.28. The topological polar surface area (TPSA) is 142 Å². The molecular weight excluding hydrogens is 1140 g/mol. The minimum absolute atomic E-state index is 0. The molecule has 0 saturated heterocycles. The third kappa shape index (κ3) is 21.4. The summed E-state index contributed by atoms with van der Waals surface area (Å²) in [4.78, 5) is 47.8. The lowest BCUT2D eigenvalue weighted by atomic mass is 9.55. The maximum atomic E-state index is 12.2. The lowest BCUT2D eigenvalue weighted by Crippen LogP contribution is -2.50. The zero-order valence-electron chi connectivity index (χ0n) is 52.4. The highest BCUT2D eigenvalue weighted by Crippen LogP contribution is 2.68. The number of fused-ring (bicyclic) bond motifs is 11. The Labute approximate surface area is 565 Å². The second-order valence-corrected chi connectivity index (χ2v) is 31.1. The quantitative estimate of drug-likeness (QED) is 0.0496. The van der Waals surface area contributed by atoms with Gasteiger partial charge in [0, 0.05) is 0 Å². The van der Waals surface area contributed by atoms with E-state index in [1.165, 1.54) is 122 Å². The first-order valence-electron chi connectivity index (χ1n) is 33.1. The first-order chi connectivity index (χ1) is 37.9. The van der Waals surface area contributed by atoms with Crippen molar-refractivity contribution < 1.29 is 57.1 Å². The van der Waals surface area contributed by atoms with E-state index in [4.69, 9.17) is 37.9 Å². The maximum Gasteiger partial charge on any atom is 0.313 e. The lowest BCUT2D eigenvalue weighted by molar-refractivity contribution is -0.224. The molecule has 0 spiro atoms. The van der Waals surface area contributed by atoms with Gasteiger partial charge in [-0.2, -0.15) is 0 Å². The molecule has 0 aromatic carbocycles. The van der Waals surface area contributed by atoms with Crippen molar-refractivity contribution in [3.63, 3.8) is 0 Å². The number of rotatable bonds is 20. The Morgan fingerprint density at radius 3 is 1.08 bits per heavy atom. The fourth-order valence-electron chi connectivity index (χ4n) is 18.6. The van der Waals surface area contributed by atoms with Crippen LogP contribution in [0.5, 0.6) is 0 Å². The first-order valence-corrected chi connectivity index (χ1v) is 33.1. The molecule has 12 nitrogen and oxygen atoms in total. The van der Waals surface area contributed by atoms with Crippen LogP contribution in [0.1, 0.15) is 319 Å². The standard InChI is InChI=1S/C19H30O3.C18H30O3.C17H28O3.C14H24O3.11CH4/c1-4-19(2,3)18(20)22-10-21-15-9-13-8-14(15)17-12-6-5-11(7-12)16(13)17;1-5-18(3,4)17(19)21-11(2)20-16-14-7-12-6-13(9-14)10-15(16)8-12;1-4-17(2,3)16(18)20-10-19-15-13-6-11-5-12(8-13)9-14(15)7-11;1-4-14(2,3)13(15)17-9-16-12-8-10-5-6-11(12)7-10;;;;;;;;;;;/h11-17H,4-10H2,1-3H3;11-16H,5-10H2,1-4H3;11-15H,4-10H2,1-3H3;10-12H,4-9H2,1-3H3;11*1H4. The van der Waals surface area contributed by atoms with E-state index in [0.29, 0.717) is 36.3 Å². The van der Waals surface area contributed by atoms with Crippen LogP contribution in [0.3, 0.4) is 0 Å². The van der Waals surface area contributed by atoms with Crippen LogP contribution in [0.2, 0.25) is 0 Å². The van der Waals surface area contributed by atoms with Gasteiger partial charge in [0.15, 0.2) is 26.7 Å². The molecule has 544 valence electrons. The fraction of sp³-hybridized carbons (Fsp3) is 0.949. The van der Waals surface area contributed by atoms with Crippen LogP contribution in [-0.4, -0.2) is 75.0 Å². The van der Waals surface area contributed by atoms with Gasteiger partial charge < -0.3 is 37.9 Å². The summed E-state index contributed by atoms with van der Waals surface area (Å²) in [5.74, 6) is 13.3. The summed E-state index contributed by atoms with van der Waals surface area (Å²) in [5, 5.41) is 0. The second-order valence-electron chi connectivity index (χ2n) is 31.1. The number of esters is 4. The molecule has 0 radical (unpaired) electrons. The number of carbonyl (C=O) groups is 4. The van der Waals surface area contributed by atoms with E-state index in [9.17, 15) is 19.2 Å². The van der Waals surface area contributed by atoms with Gasteiger partial charge in [-0.3, -0.25) is 19.2 Å². The van der Waals surface area contributed by atoms with E-state index in [1.807, 2.05) is 90.0 Å². The fourth-order valence-corrected chi connectivity index (χ4v) is 18.6.